The van der Waals surface area contributed by atoms with Crippen molar-refractivity contribution >= 4 is 37.5 Å². The number of ether oxygens (including phenoxy) is 1. The molecular formula is C15H15BrN2O3S. The van der Waals surface area contributed by atoms with E-state index in [9.17, 15) is 8.42 Å². The van der Waals surface area contributed by atoms with Gasteiger partial charge >= 0.3 is 10.2 Å². The molecular weight excluding hydrogens is 368 g/mol. The molecule has 0 aromatic heterocycles. The number of anilines is 2. The second kappa shape index (κ2) is 5.48. The van der Waals surface area contributed by atoms with Crippen LogP contribution in [0.2, 0.25) is 0 Å². The highest BCUT2D eigenvalue weighted by molar-refractivity contribution is 9.10. The fourth-order valence-corrected chi connectivity index (χ4v) is 4.17. The van der Waals surface area contributed by atoms with E-state index in [1.54, 1.807) is 20.2 Å². The first-order valence-electron chi connectivity index (χ1n) is 6.62. The molecule has 0 bridgehead atoms. The monoisotopic (exact) mass is 382 g/mol. The van der Waals surface area contributed by atoms with Gasteiger partial charge in [0.1, 0.15) is 5.75 Å². The first kappa shape index (κ1) is 15.2. The quantitative estimate of drug-likeness (QED) is 0.818. The molecule has 2 aromatic rings. The lowest BCUT2D eigenvalue weighted by Crippen LogP contribution is -2.35. The van der Waals surface area contributed by atoms with Gasteiger partial charge in [-0.15, -0.1) is 0 Å². The Morgan fingerprint density at radius 2 is 1.77 bits per heavy atom. The van der Waals surface area contributed by atoms with Crippen molar-refractivity contribution in [2.45, 2.75) is 6.54 Å². The summed E-state index contributed by atoms with van der Waals surface area (Å²) in [5.41, 5.74) is 2.25. The molecule has 0 spiro atoms. The van der Waals surface area contributed by atoms with Gasteiger partial charge < -0.3 is 4.74 Å². The fraction of sp³-hybridized carbons (Fsp3) is 0.200. The number of rotatable bonds is 3. The molecule has 1 aliphatic rings. The Balaban J connectivity index is 1.99. The Bertz CT molecular complexity index is 806. The van der Waals surface area contributed by atoms with Crippen molar-refractivity contribution in [3.8, 4) is 5.75 Å². The van der Waals surface area contributed by atoms with Crippen LogP contribution in [0.15, 0.2) is 46.9 Å². The molecule has 0 atom stereocenters. The van der Waals surface area contributed by atoms with Crippen LogP contribution in [-0.4, -0.2) is 22.6 Å². The van der Waals surface area contributed by atoms with Gasteiger partial charge in [0.05, 0.1) is 25.0 Å². The molecule has 7 heteroatoms. The zero-order valence-corrected chi connectivity index (χ0v) is 14.6. The van der Waals surface area contributed by atoms with Crippen LogP contribution in [0.1, 0.15) is 5.56 Å². The van der Waals surface area contributed by atoms with Gasteiger partial charge in [0, 0.05) is 11.5 Å². The third kappa shape index (κ3) is 2.44. The maximum absolute atomic E-state index is 12.6. The predicted molar refractivity (Wildman–Crippen MR) is 90.6 cm³/mol. The number of nitrogens with zero attached hydrogens (tertiary/aromatic N) is 2. The minimum absolute atomic E-state index is 0.283. The van der Waals surface area contributed by atoms with Crippen LogP contribution in [0.4, 0.5) is 11.4 Å². The van der Waals surface area contributed by atoms with Crippen LogP contribution in [-0.2, 0) is 16.8 Å². The lowest BCUT2D eigenvalue weighted by Gasteiger charge is -2.19. The molecule has 3 rings (SSSR count). The summed E-state index contributed by atoms with van der Waals surface area (Å²) in [6.07, 6.45) is 0. The SMILES string of the molecule is COc1ccc(CN2c3ccc(Br)cc3N(C)S2(=O)=O)cc1. The lowest BCUT2D eigenvalue weighted by molar-refractivity contribution is 0.414. The molecule has 0 saturated heterocycles. The van der Waals surface area contributed by atoms with E-state index in [2.05, 4.69) is 15.9 Å². The van der Waals surface area contributed by atoms with Gasteiger partial charge in [0.25, 0.3) is 0 Å². The molecule has 0 amide bonds. The predicted octanol–water partition coefficient (Wildman–Crippen LogP) is 3.16. The van der Waals surface area contributed by atoms with E-state index in [0.29, 0.717) is 11.4 Å². The number of methoxy groups -OCH3 is 1. The molecule has 2 aromatic carbocycles. The minimum atomic E-state index is -3.54. The summed E-state index contributed by atoms with van der Waals surface area (Å²) in [4.78, 5) is 0. The average Bonchev–Trinajstić information content (AvgIpc) is 2.69. The Hall–Kier alpha value is -1.73. The number of hydrogen-bond acceptors (Lipinski definition) is 3. The van der Waals surface area contributed by atoms with E-state index in [1.165, 1.54) is 8.61 Å². The molecule has 0 aliphatic carbocycles. The highest BCUT2D eigenvalue weighted by Gasteiger charge is 2.37. The Morgan fingerprint density at radius 3 is 2.41 bits per heavy atom. The van der Waals surface area contributed by atoms with Crippen LogP contribution in [0.5, 0.6) is 5.75 Å². The summed E-state index contributed by atoms with van der Waals surface area (Å²) in [6.45, 7) is 0.283. The Kier molecular flexibility index (Phi) is 3.78. The van der Waals surface area contributed by atoms with Crippen molar-refractivity contribution < 1.29 is 13.2 Å². The van der Waals surface area contributed by atoms with Crippen LogP contribution < -0.4 is 13.3 Å². The molecule has 0 saturated carbocycles. The zero-order valence-electron chi connectivity index (χ0n) is 12.2. The third-order valence-corrected chi connectivity index (χ3v) is 5.92. The fourth-order valence-electron chi connectivity index (χ4n) is 2.42. The smallest absolute Gasteiger partial charge is 0.326 e. The van der Waals surface area contributed by atoms with Crippen LogP contribution in [0.3, 0.4) is 0 Å². The summed E-state index contributed by atoms with van der Waals surface area (Å²) in [7, 11) is -0.377. The van der Waals surface area contributed by atoms with Gasteiger partial charge in [-0.05, 0) is 35.9 Å². The van der Waals surface area contributed by atoms with Crippen molar-refractivity contribution in [3.63, 3.8) is 0 Å². The van der Waals surface area contributed by atoms with Gasteiger partial charge in [0.2, 0.25) is 0 Å². The first-order valence-corrected chi connectivity index (χ1v) is 8.81. The summed E-state index contributed by atoms with van der Waals surface area (Å²) >= 11 is 3.38. The van der Waals surface area contributed by atoms with E-state index in [1.807, 2.05) is 36.4 Å². The van der Waals surface area contributed by atoms with Crippen LogP contribution in [0, 0.1) is 0 Å². The molecule has 0 fully saturated rings. The molecule has 0 radical (unpaired) electrons. The van der Waals surface area contributed by atoms with Crippen molar-refractivity contribution in [1.29, 1.82) is 0 Å². The van der Waals surface area contributed by atoms with E-state index in [-0.39, 0.29) is 6.54 Å². The topological polar surface area (TPSA) is 49.9 Å². The number of halogens is 1. The molecule has 1 heterocycles. The maximum Gasteiger partial charge on any atom is 0.326 e. The number of hydrogen-bond donors (Lipinski definition) is 0. The summed E-state index contributed by atoms with van der Waals surface area (Å²) in [5.74, 6) is 0.745. The number of fused-ring (bicyclic) bond motifs is 1. The Labute approximate surface area is 138 Å². The molecule has 22 heavy (non-hydrogen) atoms. The van der Waals surface area contributed by atoms with Gasteiger partial charge in [-0.2, -0.15) is 8.42 Å². The average molecular weight is 383 g/mol. The largest absolute Gasteiger partial charge is 0.497 e. The van der Waals surface area contributed by atoms with E-state index in [0.717, 1.165) is 15.8 Å². The van der Waals surface area contributed by atoms with Gasteiger partial charge in [-0.3, -0.25) is 4.31 Å². The summed E-state index contributed by atoms with van der Waals surface area (Å²) < 4.78 is 33.9. The van der Waals surface area contributed by atoms with Crippen molar-refractivity contribution in [3.05, 3.63) is 52.5 Å². The number of benzene rings is 2. The maximum atomic E-state index is 12.6. The third-order valence-electron chi connectivity index (χ3n) is 3.66. The molecule has 0 unspecified atom stereocenters. The highest BCUT2D eigenvalue weighted by atomic mass is 79.9. The Morgan fingerprint density at radius 1 is 1.09 bits per heavy atom. The van der Waals surface area contributed by atoms with Crippen LogP contribution in [0.25, 0.3) is 0 Å². The lowest BCUT2D eigenvalue weighted by atomic mass is 10.2. The molecule has 5 nitrogen and oxygen atoms in total. The van der Waals surface area contributed by atoms with Crippen LogP contribution >= 0.6 is 15.9 Å². The normalized spacial score (nSPS) is 15.8. The molecule has 1 aliphatic heterocycles. The van der Waals surface area contributed by atoms with Gasteiger partial charge in [-0.1, -0.05) is 28.1 Å². The van der Waals surface area contributed by atoms with Crippen molar-refractivity contribution in [1.82, 2.24) is 0 Å². The second-order valence-electron chi connectivity index (χ2n) is 4.96. The summed E-state index contributed by atoms with van der Waals surface area (Å²) in [6, 6.07) is 12.8. The van der Waals surface area contributed by atoms with Crippen molar-refractivity contribution in [2.24, 2.45) is 0 Å². The van der Waals surface area contributed by atoms with Gasteiger partial charge in [0.15, 0.2) is 0 Å². The van der Waals surface area contributed by atoms with E-state index < -0.39 is 10.2 Å². The zero-order chi connectivity index (χ0) is 15.9. The highest BCUT2D eigenvalue weighted by Crippen LogP contribution is 2.42. The summed E-state index contributed by atoms with van der Waals surface area (Å²) in [5, 5.41) is 0. The standard InChI is InChI=1S/C15H15BrN2O3S/c1-17-15-9-12(16)5-8-14(15)18(22(17,19)20)10-11-3-6-13(21-2)7-4-11/h3-9H,10H2,1-2H3. The van der Waals surface area contributed by atoms with E-state index >= 15 is 0 Å². The first-order chi connectivity index (χ1) is 10.4. The minimum Gasteiger partial charge on any atom is -0.497 e. The van der Waals surface area contributed by atoms with Gasteiger partial charge in [-0.25, -0.2) is 4.31 Å². The molecule has 116 valence electrons. The van der Waals surface area contributed by atoms with Crippen molar-refractivity contribution in [2.75, 3.05) is 22.8 Å². The van der Waals surface area contributed by atoms with E-state index in [4.69, 9.17) is 4.74 Å². The molecule has 0 N–H and O–H groups in total. The second-order valence-corrected chi connectivity index (χ2v) is 7.76.